The molecule has 0 aliphatic carbocycles. The van der Waals surface area contributed by atoms with Gasteiger partial charge in [0.15, 0.2) is 5.75 Å². The maximum Gasteiger partial charge on any atom is 0.338 e. The molecule has 0 aliphatic rings. The Morgan fingerprint density at radius 3 is 2.17 bits per heavy atom. The van der Waals surface area contributed by atoms with Crippen molar-refractivity contribution in [3.8, 4) is 16.9 Å². The SMILES string of the molecule is CCOC(=O)c1cccc(-c2c(C)c(C(=O)NCc3ccc(F)cc3)c(OC(c3ccccc3)c3ccccc3)c3ncccc23)c1. The van der Waals surface area contributed by atoms with Gasteiger partial charge in [0.1, 0.15) is 17.4 Å². The molecule has 1 heterocycles. The van der Waals surface area contributed by atoms with Crippen LogP contribution in [0.3, 0.4) is 0 Å². The molecule has 6 nitrogen and oxygen atoms in total. The first kappa shape index (κ1) is 31.2. The van der Waals surface area contributed by atoms with Crippen LogP contribution >= 0.6 is 0 Å². The third-order valence-corrected chi connectivity index (χ3v) is 7.97. The van der Waals surface area contributed by atoms with E-state index in [1.54, 1.807) is 43.5 Å². The van der Waals surface area contributed by atoms with E-state index in [2.05, 4.69) is 5.32 Å². The number of carbonyl (C=O) groups is 2. The van der Waals surface area contributed by atoms with E-state index in [-0.39, 0.29) is 24.9 Å². The second kappa shape index (κ2) is 14.1. The molecule has 0 unspecified atom stereocenters. The number of nitrogens with one attached hydrogen (secondary N) is 1. The summed E-state index contributed by atoms with van der Waals surface area (Å²) in [6.45, 7) is 4.06. The van der Waals surface area contributed by atoms with Crippen molar-refractivity contribution < 1.29 is 23.5 Å². The molecule has 0 saturated carbocycles. The average Bonchev–Trinajstić information content (AvgIpc) is 3.11. The highest BCUT2D eigenvalue weighted by molar-refractivity contribution is 6.10. The number of carbonyl (C=O) groups excluding carboxylic acids is 2. The summed E-state index contributed by atoms with van der Waals surface area (Å²) in [7, 11) is 0. The van der Waals surface area contributed by atoms with E-state index >= 15 is 0 Å². The summed E-state index contributed by atoms with van der Waals surface area (Å²) in [6.07, 6.45) is 1.12. The van der Waals surface area contributed by atoms with E-state index in [4.69, 9.17) is 14.5 Å². The number of rotatable bonds is 10. The lowest BCUT2D eigenvalue weighted by Gasteiger charge is -2.25. The van der Waals surface area contributed by atoms with Gasteiger partial charge in [-0.2, -0.15) is 0 Å². The number of ether oxygens (including phenoxy) is 2. The molecule has 0 radical (unpaired) electrons. The Kier molecular flexibility index (Phi) is 9.34. The Labute approximate surface area is 272 Å². The minimum atomic E-state index is -0.552. The van der Waals surface area contributed by atoms with E-state index in [9.17, 15) is 14.0 Å². The average molecular weight is 625 g/mol. The first-order valence-electron chi connectivity index (χ1n) is 15.4. The lowest BCUT2D eigenvalue weighted by molar-refractivity contribution is 0.0526. The minimum absolute atomic E-state index is 0.173. The Morgan fingerprint density at radius 2 is 1.51 bits per heavy atom. The molecule has 1 N–H and O–H groups in total. The van der Waals surface area contributed by atoms with Gasteiger partial charge in [-0.15, -0.1) is 0 Å². The van der Waals surface area contributed by atoms with Gasteiger partial charge >= 0.3 is 5.97 Å². The summed E-state index contributed by atoms with van der Waals surface area (Å²) in [6, 6.07) is 36.6. The molecule has 5 aromatic carbocycles. The fourth-order valence-electron chi connectivity index (χ4n) is 5.75. The maximum absolute atomic E-state index is 14.3. The standard InChI is InChI=1S/C40H33FN2O4/c1-3-46-40(45)31-17-10-16-30(24-31)34-26(2)35(39(44)43-25-27-19-21-32(41)22-20-27)38(36-33(34)18-11-23-42-36)47-37(28-12-6-4-7-13-28)29-14-8-5-9-15-29/h4-24,37H,3,25H2,1-2H3,(H,43,44). The highest BCUT2D eigenvalue weighted by atomic mass is 19.1. The van der Waals surface area contributed by atoms with Crippen LogP contribution in [0.2, 0.25) is 0 Å². The molecule has 1 aromatic heterocycles. The van der Waals surface area contributed by atoms with Crippen LogP contribution in [0.1, 0.15) is 56.0 Å². The monoisotopic (exact) mass is 624 g/mol. The lowest BCUT2D eigenvalue weighted by Crippen LogP contribution is -2.25. The number of nitrogens with zero attached hydrogens (tertiary/aromatic N) is 1. The van der Waals surface area contributed by atoms with Crippen LogP contribution in [0, 0.1) is 12.7 Å². The van der Waals surface area contributed by atoms with Crippen LogP contribution in [0.5, 0.6) is 5.75 Å². The van der Waals surface area contributed by atoms with Crippen LogP contribution in [0.4, 0.5) is 4.39 Å². The Hall–Kier alpha value is -5.82. The normalized spacial score (nSPS) is 11.0. The van der Waals surface area contributed by atoms with E-state index < -0.39 is 12.1 Å². The highest BCUT2D eigenvalue weighted by Crippen LogP contribution is 2.43. The molecule has 0 aliphatic heterocycles. The quantitative estimate of drug-likeness (QED) is 0.154. The van der Waals surface area contributed by atoms with Crippen molar-refractivity contribution in [1.82, 2.24) is 10.3 Å². The third-order valence-electron chi connectivity index (χ3n) is 7.97. The van der Waals surface area contributed by atoms with E-state index in [1.807, 2.05) is 85.8 Å². The van der Waals surface area contributed by atoms with Crippen LogP contribution in [-0.2, 0) is 11.3 Å². The van der Waals surface area contributed by atoms with Gasteiger partial charge in [-0.1, -0.05) is 91.0 Å². The number of aromatic nitrogens is 1. The molecule has 0 fully saturated rings. The smallest absolute Gasteiger partial charge is 0.338 e. The number of fused-ring (bicyclic) bond motifs is 1. The Bertz CT molecular complexity index is 1990. The zero-order chi connectivity index (χ0) is 32.8. The number of hydrogen-bond donors (Lipinski definition) is 1. The molecule has 0 atom stereocenters. The summed E-state index contributed by atoms with van der Waals surface area (Å²) in [4.78, 5) is 31.8. The minimum Gasteiger partial charge on any atom is -0.478 e. The van der Waals surface area contributed by atoms with E-state index in [0.717, 1.165) is 33.2 Å². The third kappa shape index (κ3) is 6.75. The highest BCUT2D eigenvalue weighted by Gasteiger charge is 2.28. The molecule has 1 amide bonds. The number of esters is 1. The summed E-state index contributed by atoms with van der Waals surface area (Å²) < 4.78 is 25.8. The lowest BCUT2D eigenvalue weighted by atomic mass is 9.90. The summed E-state index contributed by atoms with van der Waals surface area (Å²) >= 11 is 0. The molecule has 7 heteroatoms. The summed E-state index contributed by atoms with van der Waals surface area (Å²) in [5.74, 6) is -0.829. The maximum atomic E-state index is 14.3. The van der Waals surface area contributed by atoms with Crippen molar-refractivity contribution in [1.29, 1.82) is 0 Å². The Morgan fingerprint density at radius 1 is 0.830 bits per heavy atom. The molecule has 0 spiro atoms. The Balaban J connectivity index is 1.55. The fraction of sp³-hybridized carbons (Fsp3) is 0.125. The molecule has 0 saturated heterocycles. The summed E-state index contributed by atoms with van der Waals surface area (Å²) in [5, 5.41) is 3.78. The number of amides is 1. The molecule has 0 bridgehead atoms. The van der Waals surface area contributed by atoms with E-state index in [1.165, 1.54) is 12.1 Å². The van der Waals surface area contributed by atoms with Crippen LogP contribution in [0.15, 0.2) is 128 Å². The largest absolute Gasteiger partial charge is 0.478 e. The van der Waals surface area contributed by atoms with Gasteiger partial charge in [0.25, 0.3) is 5.91 Å². The summed E-state index contributed by atoms with van der Waals surface area (Å²) in [5.41, 5.74) is 5.89. The molecule has 47 heavy (non-hydrogen) atoms. The number of pyridine rings is 1. The number of benzene rings is 5. The van der Waals surface area contributed by atoms with Crippen molar-refractivity contribution >= 4 is 22.8 Å². The fourth-order valence-corrected chi connectivity index (χ4v) is 5.75. The van der Waals surface area contributed by atoms with Crippen molar-refractivity contribution in [3.05, 3.63) is 167 Å². The van der Waals surface area contributed by atoms with Gasteiger partial charge in [0, 0.05) is 18.1 Å². The van der Waals surface area contributed by atoms with Gasteiger partial charge in [0.2, 0.25) is 0 Å². The van der Waals surface area contributed by atoms with Crippen molar-refractivity contribution in [3.63, 3.8) is 0 Å². The molecule has 6 aromatic rings. The number of halogens is 1. The topological polar surface area (TPSA) is 77.5 Å². The molecular formula is C40H33FN2O4. The van der Waals surface area contributed by atoms with Gasteiger partial charge in [-0.05, 0) is 77.6 Å². The first-order valence-corrected chi connectivity index (χ1v) is 15.4. The predicted octanol–water partition coefficient (Wildman–Crippen LogP) is 8.62. The predicted molar refractivity (Wildman–Crippen MR) is 181 cm³/mol. The van der Waals surface area contributed by atoms with Gasteiger partial charge in [-0.3, -0.25) is 9.78 Å². The van der Waals surface area contributed by atoms with Crippen LogP contribution in [0.25, 0.3) is 22.0 Å². The van der Waals surface area contributed by atoms with E-state index in [0.29, 0.717) is 28.0 Å². The zero-order valence-corrected chi connectivity index (χ0v) is 26.1. The van der Waals surface area contributed by atoms with Crippen molar-refractivity contribution in [2.24, 2.45) is 0 Å². The van der Waals surface area contributed by atoms with Gasteiger partial charge in [-0.25, -0.2) is 9.18 Å². The zero-order valence-electron chi connectivity index (χ0n) is 26.1. The van der Waals surface area contributed by atoms with Crippen LogP contribution < -0.4 is 10.1 Å². The van der Waals surface area contributed by atoms with Crippen molar-refractivity contribution in [2.75, 3.05) is 6.61 Å². The van der Waals surface area contributed by atoms with Gasteiger partial charge < -0.3 is 14.8 Å². The number of hydrogen-bond acceptors (Lipinski definition) is 5. The second-order valence-corrected chi connectivity index (χ2v) is 11.0. The molecule has 6 rings (SSSR count). The second-order valence-electron chi connectivity index (χ2n) is 11.0. The first-order chi connectivity index (χ1) is 22.9. The van der Waals surface area contributed by atoms with Crippen LogP contribution in [-0.4, -0.2) is 23.5 Å². The van der Waals surface area contributed by atoms with Gasteiger partial charge in [0.05, 0.1) is 17.7 Å². The molecule has 234 valence electrons. The van der Waals surface area contributed by atoms with Crippen molar-refractivity contribution in [2.45, 2.75) is 26.5 Å². The molecular weight excluding hydrogens is 591 g/mol.